The van der Waals surface area contributed by atoms with Crippen molar-refractivity contribution in [2.75, 3.05) is 0 Å². The molecular formula is C11H10Cl2O. The van der Waals surface area contributed by atoms with Crippen molar-refractivity contribution >= 4 is 29.0 Å². The molecule has 14 heavy (non-hydrogen) atoms. The van der Waals surface area contributed by atoms with Crippen LogP contribution in [0.1, 0.15) is 23.7 Å². The van der Waals surface area contributed by atoms with Crippen molar-refractivity contribution in [2.45, 2.75) is 13.3 Å². The number of rotatable bonds is 3. The Balaban J connectivity index is 3.06. The van der Waals surface area contributed by atoms with E-state index < -0.39 is 0 Å². The molecule has 1 nitrogen and oxygen atoms in total. The highest BCUT2D eigenvalue weighted by molar-refractivity contribution is 6.39. The number of halogens is 2. The van der Waals surface area contributed by atoms with E-state index in [1.54, 1.807) is 25.1 Å². The van der Waals surface area contributed by atoms with Gasteiger partial charge in [-0.3, -0.25) is 4.79 Å². The first kappa shape index (κ1) is 11.3. The minimum Gasteiger partial charge on any atom is -0.294 e. The normalized spacial score (nSPS) is 9.93. The summed E-state index contributed by atoms with van der Waals surface area (Å²) in [6, 6.07) is 5.01. The minimum atomic E-state index is -0.0897. The Morgan fingerprint density at radius 3 is 2.29 bits per heavy atom. The predicted molar refractivity (Wildman–Crippen MR) is 60.2 cm³/mol. The molecule has 0 unspecified atom stereocenters. The highest BCUT2D eigenvalue weighted by Gasteiger charge is 2.13. The maximum atomic E-state index is 11.7. The van der Waals surface area contributed by atoms with Crippen LogP contribution in [0.5, 0.6) is 0 Å². The smallest absolute Gasteiger partial charge is 0.169 e. The Morgan fingerprint density at radius 1 is 1.36 bits per heavy atom. The van der Waals surface area contributed by atoms with Gasteiger partial charge >= 0.3 is 0 Å². The summed E-state index contributed by atoms with van der Waals surface area (Å²) in [7, 11) is 0. The van der Waals surface area contributed by atoms with Crippen molar-refractivity contribution in [1.82, 2.24) is 0 Å². The van der Waals surface area contributed by atoms with Gasteiger partial charge in [0, 0.05) is 6.42 Å². The van der Waals surface area contributed by atoms with Crippen molar-refractivity contribution in [3.63, 3.8) is 0 Å². The second kappa shape index (κ2) is 4.63. The summed E-state index contributed by atoms with van der Waals surface area (Å²) in [6.45, 7) is 5.47. The van der Waals surface area contributed by atoms with Gasteiger partial charge < -0.3 is 0 Å². The summed E-state index contributed by atoms with van der Waals surface area (Å²) in [5.41, 5.74) is 1.19. The molecule has 0 spiro atoms. The quantitative estimate of drug-likeness (QED) is 0.562. The van der Waals surface area contributed by atoms with Crippen molar-refractivity contribution in [1.29, 1.82) is 0 Å². The molecule has 0 atom stereocenters. The molecule has 0 heterocycles. The summed E-state index contributed by atoms with van der Waals surface area (Å²) >= 11 is 11.7. The molecule has 0 N–H and O–H groups in total. The lowest BCUT2D eigenvalue weighted by Crippen LogP contribution is -2.01. The van der Waals surface area contributed by atoms with Gasteiger partial charge in [0.25, 0.3) is 0 Å². The third kappa shape index (κ3) is 2.60. The number of Topliss-reactive ketones (excluding diaryl/α,β-unsaturated/α-hetero) is 1. The van der Waals surface area contributed by atoms with E-state index in [4.69, 9.17) is 23.2 Å². The van der Waals surface area contributed by atoms with Crippen molar-refractivity contribution in [3.05, 3.63) is 46.0 Å². The van der Waals surface area contributed by atoms with E-state index in [1.807, 2.05) is 0 Å². The average molecular weight is 229 g/mol. The molecule has 74 valence electrons. The first-order valence-corrected chi connectivity index (χ1v) is 4.89. The number of carbonyl (C=O) groups excluding carboxylic acids is 1. The highest BCUT2D eigenvalue weighted by Crippen LogP contribution is 2.26. The molecule has 1 aromatic rings. The van der Waals surface area contributed by atoms with Crippen molar-refractivity contribution in [2.24, 2.45) is 0 Å². The summed E-state index contributed by atoms with van der Waals surface area (Å²) < 4.78 is 0. The van der Waals surface area contributed by atoms with Gasteiger partial charge in [0.2, 0.25) is 0 Å². The van der Waals surface area contributed by atoms with Gasteiger partial charge in [-0.1, -0.05) is 41.4 Å². The van der Waals surface area contributed by atoms with Gasteiger partial charge in [0.15, 0.2) is 5.78 Å². The monoisotopic (exact) mass is 228 g/mol. The molecular weight excluding hydrogens is 219 g/mol. The Morgan fingerprint density at radius 2 is 1.86 bits per heavy atom. The molecule has 0 fully saturated rings. The Bertz CT molecular complexity index is 363. The zero-order valence-corrected chi connectivity index (χ0v) is 9.32. The predicted octanol–water partition coefficient (Wildman–Crippen LogP) is 4.14. The second-order valence-corrected chi connectivity index (χ2v) is 3.97. The van der Waals surface area contributed by atoms with Gasteiger partial charge in [-0.25, -0.2) is 0 Å². The maximum absolute atomic E-state index is 11.7. The molecule has 0 aromatic heterocycles. The van der Waals surface area contributed by atoms with Crippen LogP contribution in [0.25, 0.3) is 0 Å². The van der Waals surface area contributed by atoms with Gasteiger partial charge in [-0.2, -0.15) is 0 Å². The number of carbonyl (C=O) groups is 1. The van der Waals surface area contributed by atoms with Gasteiger partial charge in [0.05, 0.1) is 15.6 Å². The van der Waals surface area contributed by atoms with Crippen LogP contribution in [0.3, 0.4) is 0 Å². The summed E-state index contributed by atoms with van der Waals surface area (Å²) in [5, 5.41) is 0.785. The number of allylic oxidation sites excluding steroid dienone is 1. The minimum absolute atomic E-state index is 0.0897. The molecule has 0 aliphatic rings. The maximum Gasteiger partial charge on any atom is 0.169 e. The molecule has 1 rings (SSSR count). The zero-order chi connectivity index (χ0) is 10.7. The first-order chi connectivity index (χ1) is 6.52. The highest BCUT2D eigenvalue weighted by atomic mass is 35.5. The standard InChI is InChI=1S/C11H10Cl2O/c1-7(2)6-10(14)11-8(12)4-3-5-9(11)13/h3-5H,1,6H2,2H3. The summed E-state index contributed by atoms with van der Waals surface area (Å²) in [4.78, 5) is 11.7. The van der Waals surface area contributed by atoms with E-state index >= 15 is 0 Å². The average Bonchev–Trinajstić information content (AvgIpc) is 2.01. The molecule has 0 saturated carbocycles. The van der Waals surface area contributed by atoms with Gasteiger partial charge in [0.1, 0.15) is 0 Å². The van der Waals surface area contributed by atoms with Crippen molar-refractivity contribution < 1.29 is 4.79 Å². The third-order valence-corrected chi connectivity index (χ3v) is 2.33. The van der Waals surface area contributed by atoms with Crippen LogP contribution in [0, 0.1) is 0 Å². The largest absolute Gasteiger partial charge is 0.294 e. The molecule has 1 aromatic carbocycles. The lowest BCUT2D eigenvalue weighted by atomic mass is 10.1. The van der Waals surface area contributed by atoms with Crippen LogP contribution in [0.2, 0.25) is 10.0 Å². The van der Waals surface area contributed by atoms with Crippen LogP contribution in [-0.4, -0.2) is 5.78 Å². The van der Waals surface area contributed by atoms with Crippen LogP contribution in [0.4, 0.5) is 0 Å². The topological polar surface area (TPSA) is 17.1 Å². The molecule has 0 aliphatic carbocycles. The first-order valence-electron chi connectivity index (χ1n) is 4.14. The molecule has 0 amide bonds. The van der Waals surface area contributed by atoms with Crippen LogP contribution in [0.15, 0.2) is 30.4 Å². The Kier molecular flexibility index (Phi) is 3.73. The molecule has 3 heteroatoms. The van der Waals surface area contributed by atoms with Crippen LogP contribution >= 0.6 is 23.2 Å². The van der Waals surface area contributed by atoms with E-state index in [0.29, 0.717) is 15.6 Å². The number of hydrogen-bond donors (Lipinski definition) is 0. The van der Waals surface area contributed by atoms with Crippen molar-refractivity contribution in [3.8, 4) is 0 Å². The molecule has 0 radical (unpaired) electrons. The summed E-state index contributed by atoms with van der Waals surface area (Å²) in [5.74, 6) is -0.0897. The fraction of sp³-hybridized carbons (Fsp3) is 0.182. The molecule has 0 aliphatic heterocycles. The van der Waals surface area contributed by atoms with E-state index in [9.17, 15) is 4.79 Å². The zero-order valence-electron chi connectivity index (χ0n) is 7.81. The summed E-state index contributed by atoms with van der Waals surface area (Å²) in [6.07, 6.45) is 0.281. The van der Waals surface area contributed by atoms with Crippen LogP contribution in [-0.2, 0) is 0 Å². The van der Waals surface area contributed by atoms with Crippen LogP contribution < -0.4 is 0 Å². The second-order valence-electron chi connectivity index (χ2n) is 3.15. The Labute approximate surface area is 93.3 Å². The SMILES string of the molecule is C=C(C)CC(=O)c1c(Cl)cccc1Cl. The van der Waals surface area contributed by atoms with Gasteiger partial charge in [-0.05, 0) is 19.1 Å². The van der Waals surface area contributed by atoms with E-state index in [0.717, 1.165) is 5.57 Å². The van der Waals surface area contributed by atoms with E-state index in [1.165, 1.54) is 0 Å². The van der Waals surface area contributed by atoms with E-state index in [-0.39, 0.29) is 12.2 Å². The van der Waals surface area contributed by atoms with Gasteiger partial charge in [-0.15, -0.1) is 0 Å². The number of ketones is 1. The number of benzene rings is 1. The lowest BCUT2D eigenvalue weighted by molar-refractivity contribution is 0.0993. The van der Waals surface area contributed by atoms with E-state index in [2.05, 4.69) is 6.58 Å². The Hall–Kier alpha value is -0.790. The fourth-order valence-electron chi connectivity index (χ4n) is 1.13. The fourth-order valence-corrected chi connectivity index (χ4v) is 1.73. The third-order valence-electron chi connectivity index (χ3n) is 1.70. The molecule has 0 bridgehead atoms. The number of hydrogen-bond acceptors (Lipinski definition) is 1. The molecule has 0 saturated heterocycles. The lowest BCUT2D eigenvalue weighted by Gasteiger charge is -2.05.